The molecular weight excluding hydrogens is 334 g/mol. The Morgan fingerprint density at radius 1 is 1.04 bits per heavy atom. The van der Waals surface area contributed by atoms with Crippen molar-refractivity contribution in [2.45, 2.75) is 44.6 Å². The van der Waals surface area contributed by atoms with Gasteiger partial charge in [-0.3, -0.25) is 14.7 Å². The Balaban J connectivity index is 1.32. The summed E-state index contributed by atoms with van der Waals surface area (Å²) < 4.78 is 0. The molecule has 1 N–H and O–H groups in total. The number of hydrogen-bond acceptors (Lipinski definition) is 3. The van der Waals surface area contributed by atoms with Crippen molar-refractivity contribution in [2.75, 3.05) is 13.1 Å². The van der Waals surface area contributed by atoms with Crippen LogP contribution in [0, 0.1) is 0 Å². The molecule has 0 amide bonds. The van der Waals surface area contributed by atoms with Crippen LogP contribution >= 0.6 is 0 Å². The Morgan fingerprint density at radius 3 is 2.56 bits per heavy atom. The van der Waals surface area contributed by atoms with Crippen molar-refractivity contribution in [1.82, 2.24) is 14.9 Å². The van der Waals surface area contributed by atoms with Crippen LogP contribution in [0.5, 0.6) is 0 Å². The number of piperidine rings is 1. The lowest BCUT2D eigenvalue weighted by atomic mass is 9.90. The van der Waals surface area contributed by atoms with Gasteiger partial charge in [-0.1, -0.05) is 0 Å². The zero-order valence-electron chi connectivity index (χ0n) is 15.6. The average molecular weight is 359 g/mol. The first kappa shape index (κ1) is 16.7. The lowest BCUT2D eigenvalue weighted by Gasteiger charge is -2.32. The van der Waals surface area contributed by atoms with Gasteiger partial charge in [0.2, 0.25) is 0 Å². The van der Waals surface area contributed by atoms with E-state index in [9.17, 15) is 4.79 Å². The molecule has 0 atom stereocenters. The lowest BCUT2D eigenvalue weighted by Crippen LogP contribution is -2.34. The Hall–Kier alpha value is -2.46. The second-order valence-corrected chi connectivity index (χ2v) is 8.02. The number of pyridine rings is 2. The summed E-state index contributed by atoms with van der Waals surface area (Å²) in [6.07, 6.45) is 9.59. The Labute approximate surface area is 159 Å². The zero-order chi connectivity index (χ0) is 18.2. The zero-order valence-corrected chi connectivity index (χ0v) is 15.6. The SMILES string of the molecule is O=c1[nH]c2cc3c(cc2cc1CN1CCC(c2ccncc2)CC1)CCC3. The summed E-state index contributed by atoms with van der Waals surface area (Å²) in [5, 5.41) is 1.18. The van der Waals surface area contributed by atoms with Gasteiger partial charge in [-0.2, -0.15) is 0 Å². The maximum atomic E-state index is 12.6. The average Bonchev–Trinajstić information content (AvgIpc) is 3.15. The third-order valence-electron chi connectivity index (χ3n) is 6.29. The molecule has 4 nitrogen and oxygen atoms in total. The van der Waals surface area contributed by atoms with Crippen molar-refractivity contribution in [3.63, 3.8) is 0 Å². The van der Waals surface area contributed by atoms with Crippen LogP contribution in [0.1, 0.15) is 47.4 Å². The molecule has 1 aliphatic carbocycles. The molecule has 3 aromatic rings. The summed E-state index contributed by atoms with van der Waals surface area (Å²) in [5.41, 5.74) is 6.20. The van der Waals surface area contributed by atoms with Crippen LogP contribution in [-0.2, 0) is 19.4 Å². The van der Waals surface area contributed by atoms with Gasteiger partial charge in [0, 0.05) is 30.0 Å². The van der Waals surface area contributed by atoms with E-state index in [1.54, 1.807) is 0 Å². The molecule has 0 spiro atoms. The number of benzene rings is 1. The highest BCUT2D eigenvalue weighted by Gasteiger charge is 2.21. The van der Waals surface area contributed by atoms with E-state index < -0.39 is 0 Å². The number of aromatic nitrogens is 2. The van der Waals surface area contributed by atoms with Gasteiger partial charge in [0.05, 0.1) is 0 Å². The fourth-order valence-corrected chi connectivity index (χ4v) is 4.75. The number of rotatable bonds is 3. The number of aromatic amines is 1. The van der Waals surface area contributed by atoms with Gasteiger partial charge < -0.3 is 4.98 Å². The molecule has 3 heterocycles. The van der Waals surface area contributed by atoms with Crippen molar-refractivity contribution >= 4 is 10.9 Å². The molecule has 1 aromatic carbocycles. The number of likely N-dealkylation sites (tertiary alicyclic amines) is 1. The van der Waals surface area contributed by atoms with Crippen molar-refractivity contribution in [3.05, 3.63) is 75.3 Å². The highest BCUT2D eigenvalue weighted by Crippen LogP contribution is 2.29. The van der Waals surface area contributed by atoms with Gasteiger partial charge in [0.1, 0.15) is 0 Å². The first-order valence-corrected chi connectivity index (χ1v) is 10.1. The van der Waals surface area contributed by atoms with E-state index in [2.05, 4.69) is 45.2 Å². The molecule has 0 unspecified atom stereocenters. The molecule has 1 fully saturated rings. The fourth-order valence-electron chi connectivity index (χ4n) is 4.75. The summed E-state index contributed by atoms with van der Waals surface area (Å²) in [6, 6.07) is 10.8. The normalized spacial score (nSPS) is 18.1. The van der Waals surface area contributed by atoms with Crippen molar-refractivity contribution in [2.24, 2.45) is 0 Å². The Bertz CT molecular complexity index is 1020. The molecule has 2 aliphatic rings. The number of H-pyrrole nitrogens is 1. The van der Waals surface area contributed by atoms with E-state index in [-0.39, 0.29) is 5.56 Å². The van der Waals surface area contributed by atoms with E-state index in [4.69, 9.17) is 0 Å². The molecule has 2 aromatic heterocycles. The highest BCUT2D eigenvalue weighted by molar-refractivity contribution is 5.81. The molecule has 0 bridgehead atoms. The van der Waals surface area contributed by atoms with Crippen LogP contribution in [0.3, 0.4) is 0 Å². The van der Waals surface area contributed by atoms with Crippen molar-refractivity contribution < 1.29 is 0 Å². The molecule has 27 heavy (non-hydrogen) atoms. The maximum Gasteiger partial charge on any atom is 0.252 e. The Kier molecular flexibility index (Phi) is 4.29. The molecule has 0 saturated carbocycles. The smallest absolute Gasteiger partial charge is 0.252 e. The summed E-state index contributed by atoms with van der Waals surface area (Å²) in [4.78, 5) is 22.3. The van der Waals surface area contributed by atoms with E-state index >= 15 is 0 Å². The maximum absolute atomic E-state index is 12.6. The summed E-state index contributed by atoms with van der Waals surface area (Å²) in [6.45, 7) is 2.81. The quantitative estimate of drug-likeness (QED) is 0.774. The summed E-state index contributed by atoms with van der Waals surface area (Å²) in [5.74, 6) is 0.613. The minimum absolute atomic E-state index is 0.0664. The van der Waals surface area contributed by atoms with Gasteiger partial charge in [-0.05, 0) is 104 Å². The number of fused-ring (bicyclic) bond motifs is 2. The van der Waals surface area contributed by atoms with Crippen LogP contribution in [0.2, 0.25) is 0 Å². The monoisotopic (exact) mass is 359 g/mol. The second kappa shape index (κ2) is 6.93. The van der Waals surface area contributed by atoms with Gasteiger partial charge in [-0.25, -0.2) is 0 Å². The van der Waals surface area contributed by atoms with E-state index in [1.165, 1.54) is 34.9 Å². The number of hydrogen-bond donors (Lipinski definition) is 1. The van der Waals surface area contributed by atoms with Crippen LogP contribution in [0.15, 0.2) is 47.5 Å². The lowest BCUT2D eigenvalue weighted by molar-refractivity contribution is 0.204. The van der Waals surface area contributed by atoms with Crippen LogP contribution in [-0.4, -0.2) is 28.0 Å². The van der Waals surface area contributed by atoms with Crippen LogP contribution in [0.25, 0.3) is 10.9 Å². The topological polar surface area (TPSA) is 49.0 Å². The second-order valence-electron chi connectivity index (χ2n) is 8.02. The number of aryl methyl sites for hydroxylation is 2. The molecular formula is C23H25N3O. The third-order valence-corrected chi connectivity index (χ3v) is 6.29. The van der Waals surface area contributed by atoms with Gasteiger partial charge in [-0.15, -0.1) is 0 Å². The van der Waals surface area contributed by atoms with E-state index in [0.29, 0.717) is 5.92 Å². The predicted octanol–water partition coefficient (Wildman–Crippen LogP) is 3.79. The van der Waals surface area contributed by atoms with Gasteiger partial charge >= 0.3 is 0 Å². The fraction of sp³-hybridized carbons (Fsp3) is 0.391. The van der Waals surface area contributed by atoms with Crippen LogP contribution < -0.4 is 5.56 Å². The first-order valence-electron chi connectivity index (χ1n) is 10.1. The van der Waals surface area contributed by atoms with Gasteiger partial charge in [0.15, 0.2) is 0 Å². The molecule has 0 radical (unpaired) electrons. The molecule has 1 saturated heterocycles. The number of nitrogens with one attached hydrogen (secondary N) is 1. The predicted molar refractivity (Wildman–Crippen MR) is 108 cm³/mol. The minimum Gasteiger partial charge on any atom is -0.322 e. The standard InChI is InChI=1S/C23H25N3O/c27-23-21(13-20-12-18-2-1-3-19(18)14-22(20)25-23)15-26-10-6-17(7-11-26)16-4-8-24-9-5-16/h4-5,8-9,12-14,17H,1-3,6-7,10-11,15H2,(H,25,27). The van der Waals surface area contributed by atoms with Crippen molar-refractivity contribution in [3.8, 4) is 0 Å². The Morgan fingerprint density at radius 2 is 1.78 bits per heavy atom. The minimum atomic E-state index is 0.0664. The molecule has 138 valence electrons. The summed E-state index contributed by atoms with van der Waals surface area (Å²) in [7, 11) is 0. The highest BCUT2D eigenvalue weighted by atomic mass is 16.1. The largest absolute Gasteiger partial charge is 0.322 e. The number of nitrogens with zero attached hydrogens (tertiary/aromatic N) is 2. The molecule has 5 rings (SSSR count). The third kappa shape index (κ3) is 3.30. The van der Waals surface area contributed by atoms with Crippen molar-refractivity contribution in [1.29, 1.82) is 0 Å². The van der Waals surface area contributed by atoms with E-state index in [1.807, 2.05) is 12.4 Å². The molecule has 4 heteroatoms. The first-order chi connectivity index (χ1) is 13.3. The van der Waals surface area contributed by atoms with Crippen LogP contribution in [0.4, 0.5) is 0 Å². The van der Waals surface area contributed by atoms with E-state index in [0.717, 1.165) is 50.0 Å². The van der Waals surface area contributed by atoms with Gasteiger partial charge in [0.25, 0.3) is 5.56 Å². The summed E-state index contributed by atoms with van der Waals surface area (Å²) >= 11 is 0. The molecule has 1 aliphatic heterocycles.